The maximum atomic E-state index is 13.2. The van der Waals surface area contributed by atoms with E-state index in [-0.39, 0.29) is 5.91 Å². The van der Waals surface area contributed by atoms with Crippen molar-refractivity contribution in [2.24, 2.45) is 0 Å². The molecule has 5 rings (SSSR count). The van der Waals surface area contributed by atoms with Gasteiger partial charge < -0.3 is 16.4 Å². The topological polar surface area (TPSA) is 106 Å². The van der Waals surface area contributed by atoms with E-state index in [1.54, 1.807) is 11.6 Å². The summed E-state index contributed by atoms with van der Waals surface area (Å²) in [5.74, 6) is 0.127. The maximum absolute atomic E-state index is 13.2. The summed E-state index contributed by atoms with van der Waals surface area (Å²) in [6.45, 7) is 2.49. The van der Waals surface area contributed by atoms with Crippen LogP contribution >= 0.6 is 22.9 Å². The molecule has 3 aromatic heterocycles. The zero-order valence-electron chi connectivity index (χ0n) is 17.6. The minimum atomic E-state index is -0.243. The van der Waals surface area contributed by atoms with Gasteiger partial charge in [0.2, 0.25) is 0 Å². The zero-order chi connectivity index (χ0) is 22.9. The molecular formula is C24H19ClN6OS. The van der Waals surface area contributed by atoms with E-state index in [0.29, 0.717) is 33.2 Å². The first-order valence-electron chi connectivity index (χ1n) is 10.2. The molecule has 0 radical (unpaired) electrons. The molecule has 0 saturated carbocycles. The largest absolute Gasteiger partial charge is 0.382 e. The number of anilines is 3. The van der Waals surface area contributed by atoms with Crippen LogP contribution in [0.25, 0.3) is 21.0 Å². The molecule has 164 valence electrons. The summed E-state index contributed by atoms with van der Waals surface area (Å²) in [7, 11) is 0. The Balaban J connectivity index is 1.47. The number of benzene rings is 2. The minimum absolute atomic E-state index is 0.243. The molecule has 0 atom stereocenters. The normalized spacial score (nSPS) is 11.1. The van der Waals surface area contributed by atoms with E-state index in [1.165, 1.54) is 17.7 Å². The van der Waals surface area contributed by atoms with Gasteiger partial charge in [0, 0.05) is 33.1 Å². The second-order valence-electron chi connectivity index (χ2n) is 7.51. The van der Waals surface area contributed by atoms with Gasteiger partial charge in [-0.3, -0.25) is 9.78 Å². The lowest BCUT2D eigenvalue weighted by molar-refractivity contribution is 0.102. The van der Waals surface area contributed by atoms with E-state index in [9.17, 15) is 4.79 Å². The smallest absolute Gasteiger partial charge is 0.258 e. The summed E-state index contributed by atoms with van der Waals surface area (Å²) in [5, 5.41) is 10.8. The third kappa shape index (κ3) is 4.06. The van der Waals surface area contributed by atoms with Gasteiger partial charge in [0.1, 0.15) is 12.1 Å². The standard InChI is InChI=1S/C24H19ClN6OS/c1-13-2-7-16-17(8-9-27-19(16)10-28-15-5-3-14(25)4-6-15)20(13)31-24(32)18-11-33-22-21(18)29-12-30-23(22)26/h2-9,11-12,28H,10H2,1H3,(H,31,32)(H2,26,29,30). The molecule has 5 aromatic rings. The Morgan fingerprint density at radius 3 is 2.70 bits per heavy atom. The van der Waals surface area contributed by atoms with E-state index >= 15 is 0 Å². The number of halogens is 1. The molecule has 0 bridgehead atoms. The van der Waals surface area contributed by atoms with Gasteiger partial charge in [0.25, 0.3) is 5.91 Å². The fourth-order valence-electron chi connectivity index (χ4n) is 3.70. The van der Waals surface area contributed by atoms with Gasteiger partial charge in [-0.1, -0.05) is 23.7 Å². The highest BCUT2D eigenvalue weighted by molar-refractivity contribution is 7.18. The van der Waals surface area contributed by atoms with E-state index in [4.69, 9.17) is 17.3 Å². The lowest BCUT2D eigenvalue weighted by Gasteiger charge is -2.14. The molecule has 0 aliphatic rings. The predicted octanol–water partition coefficient (Wildman–Crippen LogP) is 5.65. The molecule has 0 fully saturated rings. The molecular weight excluding hydrogens is 456 g/mol. The number of hydrogen-bond donors (Lipinski definition) is 3. The molecule has 0 unspecified atom stereocenters. The summed E-state index contributed by atoms with van der Waals surface area (Å²) >= 11 is 7.33. The molecule has 0 saturated heterocycles. The van der Waals surface area contributed by atoms with Crippen LogP contribution in [-0.4, -0.2) is 20.9 Å². The van der Waals surface area contributed by atoms with Gasteiger partial charge in [0.15, 0.2) is 0 Å². The number of rotatable bonds is 5. The lowest BCUT2D eigenvalue weighted by Crippen LogP contribution is -2.13. The van der Waals surface area contributed by atoms with Gasteiger partial charge in [-0.05, 0) is 42.8 Å². The molecule has 0 spiro atoms. The number of thiophene rings is 1. The van der Waals surface area contributed by atoms with Crippen molar-refractivity contribution in [3.05, 3.63) is 82.2 Å². The number of nitrogens with zero attached hydrogens (tertiary/aromatic N) is 3. The molecule has 3 heterocycles. The van der Waals surface area contributed by atoms with Crippen molar-refractivity contribution in [2.75, 3.05) is 16.4 Å². The van der Waals surface area contributed by atoms with Crippen LogP contribution in [0.2, 0.25) is 5.02 Å². The monoisotopic (exact) mass is 474 g/mol. The number of aryl methyl sites for hydroxylation is 1. The first-order valence-corrected chi connectivity index (χ1v) is 11.4. The number of nitrogens with one attached hydrogen (secondary N) is 2. The summed E-state index contributed by atoms with van der Waals surface area (Å²) in [6.07, 6.45) is 3.13. The van der Waals surface area contributed by atoms with Gasteiger partial charge in [-0.2, -0.15) is 0 Å². The fourth-order valence-corrected chi connectivity index (χ4v) is 4.72. The number of fused-ring (bicyclic) bond motifs is 2. The van der Waals surface area contributed by atoms with Crippen LogP contribution in [0.15, 0.2) is 60.4 Å². The Labute approximate surface area is 198 Å². The number of nitrogens with two attached hydrogens (primary N) is 1. The molecule has 0 aliphatic carbocycles. The van der Waals surface area contributed by atoms with Crippen LogP contribution in [0.4, 0.5) is 17.2 Å². The molecule has 1 amide bonds. The van der Waals surface area contributed by atoms with Crippen LogP contribution in [0.1, 0.15) is 21.6 Å². The van der Waals surface area contributed by atoms with Crippen LogP contribution in [0.5, 0.6) is 0 Å². The second-order valence-corrected chi connectivity index (χ2v) is 8.83. The Morgan fingerprint density at radius 2 is 1.88 bits per heavy atom. The quantitative estimate of drug-likeness (QED) is 0.304. The highest BCUT2D eigenvalue weighted by Gasteiger charge is 2.18. The van der Waals surface area contributed by atoms with Crippen molar-refractivity contribution < 1.29 is 4.79 Å². The SMILES string of the molecule is Cc1ccc2c(CNc3ccc(Cl)cc3)nccc2c1NC(=O)c1csc2c(N)ncnc12. The first kappa shape index (κ1) is 21.1. The molecule has 0 aliphatic heterocycles. The number of aromatic nitrogens is 3. The molecule has 2 aromatic carbocycles. The van der Waals surface area contributed by atoms with Gasteiger partial charge >= 0.3 is 0 Å². The lowest BCUT2D eigenvalue weighted by atomic mass is 10.0. The van der Waals surface area contributed by atoms with Gasteiger partial charge in [-0.25, -0.2) is 9.97 Å². The van der Waals surface area contributed by atoms with Crippen molar-refractivity contribution in [3.8, 4) is 0 Å². The predicted molar refractivity (Wildman–Crippen MR) is 135 cm³/mol. The Bertz CT molecular complexity index is 1500. The summed E-state index contributed by atoms with van der Waals surface area (Å²) in [6, 6.07) is 13.4. The van der Waals surface area contributed by atoms with Gasteiger partial charge in [-0.15, -0.1) is 11.3 Å². The minimum Gasteiger partial charge on any atom is -0.382 e. The second kappa shape index (κ2) is 8.65. The Hall–Kier alpha value is -3.75. The maximum Gasteiger partial charge on any atom is 0.258 e. The molecule has 7 nitrogen and oxygen atoms in total. The number of amides is 1. The number of carbonyl (C=O) groups is 1. The van der Waals surface area contributed by atoms with Crippen molar-refractivity contribution in [3.63, 3.8) is 0 Å². The molecule has 33 heavy (non-hydrogen) atoms. The Kier molecular flexibility index (Phi) is 5.53. The number of carbonyl (C=O) groups excluding carboxylic acids is 1. The third-order valence-corrected chi connectivity index (χ3v) is 6.65. The average Bonchev–Trinajstić information content (AvgIpc) is 3.26. The summed E-state index contributed by atoms with van der Waals surface area (Å²) in [5.41, 5.74) is 10.5. The van der Waals surface area contributed by atoms with Crippen molar-refractivity contribution in [1.29, 1.82) is 0 Å². The Morgan fingerprint density at radius 1 is 1.06 bits per heavy atom. The van der Waals surface area contributed by atoms with Crippen LogP contribution < -0.4 is 16.4 Å². The molecule has 9 heteroatoms. The van der Waals surface area contributed by atoms with E-state index < -0.39 is 0 Å². The van der Waals surface area contributed by atoms with E-state index in [2.05, 4.69) is 25.6 Å². The first-order chi connectivity index (χ1) is 16.0. The fraction of sp³-hybridized carbons (Fsp3) is 0.0833. The number of pyridine rings is 1. The highest BCUT2D eigenvalue weighted by atomic mass is 35.5. The van der Waals surface area contributed by atoms with Crippen LogP contribution in [0.3, 0.4) is 0 Å². The van der Waals surface area contributed by atoms with Gasteiger partial charge in [0.05, 0.1) is 33.7 Å². The van der Waals surface area contributed by atoms with E-state index in [0.717, 1.165) is 33.4 Å². The number of nitrogen functional groups attached to an aromatic ring is 1. The van der Waals surface area contributed by atoms with Crippen molar-refractivity contribution >= 4 is 67.0 Å². The zero-order valence-corrected chi connectivity index (χ0v) is 19.2. The number of hydrogen-bond acceptors (Lipinski definition) is 7. The van der Waals surface area contributed by atoms with E-state index in [1.807, 2.05) is 49.4 Å². The van der Waals surface area contributed by atoms with Crippen LogP contribution in [-0.2, 0) is 6.54 Å². The summed E-state index contributed by atoms with van der Waals surface area (Å²) < 4.78 is 0.706. The summed E-state index contributed by atoms with van der Waals surface area (Å²) in [4.78, 5) is 26.0. The van der Waals surface area contributed by atoms with Crippen molar-refractivity contribution in [1.82, 2.24) is 15.0 Å². The molecule has 4 N–H and O–H groups in total. The highest BCUT2D eigenvalue weighted by Crippen LogP contribution is 2.32. The van der Waals surface area contributed by atoms with Crippen molar-refractivity contribution in [2.45, 2.75) is 13.5 Å². The average molecular weight is 475 g/mol. The third-order valence-electron chi connectivity index (χ3n) is 5.40. The van der Waals surface area contributed by atoms with Crippen LogP contribution in [0, 0.1) is 6.92 Å².